The van der Waals surface area contributed by atoms with E-state index in [0.717, 1.165) is 17.7 Å². The van der Waals surface area contributed by atoms with Gasteiger partial charge in [0.15, 0.2) is 0 Å². The summed E-state index contributed by atoms with van der Waals surface area (Å²) >= 11 is 0. The van der Waals surface area contributed by atoms with Gasteiger partial charge in [-0.25, -0.2) is 0 Å². The first kappa shape index (κ1) is 19.3. The molecule has 1 atom stereocenters. The van der Waals surface area contributed by atoms with E-state index in [-0.39, 0.29) is 18.5 Å². The lowest BCUT2D eigenvalue weighted by molar-refractivity contribution is -0.120. The topological polar surface area (TPSA) is 105 Å². The first-order valence-corrected chi connectivity index (χ1v) is 8.65. The predicted octanol–water partition coefficient (Wildman–Crippen LogP) is 2.12. The SMILES string of the molecule is C=CNCC(=O)NCc1cc(NC(CCN)c2ccccc2)ccc1N. The zero-order valence-corrected chi connectivity index (χ0v) is 14.9. The summed E-state index contributed by atoms with van der Waals surface area (Å²) in [4.78, 5) is 11.7. The molecule has 0 spiro atoms. The Morgan fingerprint density at radius 2 is 1.96 bits per heavy atom. The van der Waals surface area contributed by atoms with E-state index in [2.05, 4.69) is 34.7 Å². The number of carbonyl (C=O) groups is 1. The number of hydrogen-bond acceptors (Lipinski definition) is 5. The van der Waals surface area contributed by atoms with E-state index >= 15 is 0 Å². The second-order valence-electron chi connectivity index (χ2n) is 5.96. The second-order valence-corrected chi connectivity index (χ2v) is 5.96. The molecule has 138 valence electrons. The molecule has 2 aromatic rings. The largest absolute Gasteiger partial charge is 0.398 e. The van der Waals surface area contributed by atoms with Gasteiger partial charge in [0.1, 0.15) is 0 Å². The van der Waals surface area contributed by atoms with Crippen LogP contribution in [0.1, 0.15) is 23.6 Å². The molecule has 0 aromatic heterocycles. The summed E-state index contributed by atoms with van der Waals surface area (Å²) in [5.41, 5.74) is 15.4. The van der Waals surface area contributed by atoms with Crippen LogP contribution in [0.2, 0.25) is 0 Å². The van der Waals surface area contributed by atoms with Crippen molar-refractivity contribution in [2.75, 3.05) is 24.1 Å². The first-order valence-electron chi connectivity index (χ1n) is 8.65. The van der Waals surface area contributed by atoms with Crippen molar-refractivity contribution in [3.63, 3.8) is 0 Å². The van der Waals surface area contributed by atoms with Gasteiger partial charge in [-0.3, -0.25) is 4.79 Å². The number of nitrogens with two attached hydrogens (primary N) is 2. The molecule has 0 radical (unpaired) electrons. The number of amides is 1. The van der Waals surface area contributed by atoms with Gasteiger partial charge in [-0.05, 0) is 48.5 Å². The summed E-state index contributed by atoms with van der Waals surface area (Å²) in [7, 11) is 0. The molecule has 0 heterocycles. The zero-order chi connectivity index (χ0) is 18.8. The van der Waals surface area contributed by atoms with Gasteiger partial charge in [0, 0.05) is 17.9 Å². The van der Waals surface area contributed by atoms with Gasteiger partial charge < -0.3 is 27.4 Å². The highest BCUT2D eigenvalue weighted by Gasteiger charge is 2.11. The number of carbonyl (C=O) groups excluding carboxylic acids is 1. The van der Waals surface area contributed by atoms with Gasteiger partial charge in [0.05, 0.1) is 12.6 Å². The molecule has 0 saturated heterocycles. The van der Waals surface area contributed by atoms with Gasteiger partial charge in [-0.15, -0.1) is 0 Å². The Bertz CT molecular complexity index is 717. The molecule has 2 aromatic carbocycles. The standard InChI is InChI=1S/C20H27N5O/c1-2-23-14-20(26)24-13-16-12-17(8-9-18(16)22)25-19(10-11-21)15-6-4-3-5-7-15/h2-9,12,19,23,25H,1,10-11,13-14,21-22H2,(H,24,26). The number of hydrogen-bond donors (Lipinski definition) is 5. The van der Waals surface area contributed by atoms with E-state index < -0.39 is 0 Å². The molecule has 6 nitrogen and oxygen atoms in total. The second kappa shape index (κ2) is 10.1. The molecule has 0 saturated carbocycles. The smallest absolute Gasteiger partial charge is 0.239 e. The first-order chi connectivity index (χ1) is 12.6. The highest BCUT2D eigenvalue weighted by Crippen LogP contribution is 2.25. The molecule has 2 rings (SSSR count). The van der Waals surface area contributed by atoms with Gasteiger partial charge in [-0.1, -0.05) is 36.9 Å². The van der Waals surface area contributed by atoms with Crippen molar-refractivity contribution in [1.29, 1.82) is 0 Å². The highest BCUT2D eigenvalue weighted by molar-refractivity contribution is 5.78. The number of nitrogens with one attached hydrogen (secondary N) is 3. The molecular formula is C20H27N5O. The lowest BCUT2D eigenvalue weighted by atomic mass is 10.0. The van der Waals surface area contributed by atoms with Crippen molar-refractivity contribution < 1.29 is 4.79 Å². The Morgan fingerprint density at radius 3 is 2.65 bits per heavy atom. The summed E-state index contributed by atoms with van der Waals surface area (Å²) in [6, 6.07) is 16.0. The van der Waals surface area contributed by atoms with Crippen molar-refractivity contribution >= 4 is 17.3 Å². The minimum Gasteiger partial charge on any atom is -0.398 e. The Hall–Kier alpha value is -2.99. The van der Waals surface area contributed by atoms with E-state index in [1.807, 2.05) is 36.4 Å². The van der Waals surface area contributed by atoms with Crippen molar-refractivity contribution in [2.45, 2.75) is 19.0 Å². The van der Waals surface area contributed by atoms with E-state index in [1.165, 1.54) is 11.8 Å². The Kier molecular flexibility index (Phi) is 7.51. The Balaban J connectivity index is 2.07. The summed E-state index contributed by atoms with van der Waals surface area (Å²) in [6.45, 7) is 4.66. The summed E-state index contributed by atoms with van der Waals surface area (Å²) < 4.78 is 0. The van der Waals surface area contributed by atoms with Crippen LogP contribution in [-0.2, 0) is 11.3 Å². The monoisotopic (exact) mass is 353 g/mol. The van der Waals surface area contributed by atoms with E-state index in [9.17, 15) is 4.79 Å². The third kappa shape index (κ3) is 5.82. The maximum atomic E-state index is 11.7. The molecule has 1 unspecified atom stereocenters. The fraction of sp³-hybridized carbons (Fsp3) is 0.250. The van der Waals surface area contributed by atoms with Crippen LogP contribution in [0.4, 0.5) is 11.4 Å². The highest BCUT2D eigenvalue weighted by atomic mass is 16.1. The molecule has 0 aliphatic rings. The molecule has 7 N–H and O–H groups in total. The van der Waals surface area contributed by atoms with Crippen LogP contribution < -0.4 is 27.4 Å². The van der Waals surface area contributed by atoms with E-state index in [0.29, 0.717) is 18.8 Å². The molecule has 1 amide bonds. The normalized spacial score (nSPS) is 11.4. The summed E-state index contributed by atoms with van der Waals surface area (Å²) in [5, 5.41) is 9.11. The molecule has 0 aliphatic carbocycles. The Labute approximate surface area is 154 Å². The van der Waals surface area contributed by atoms with Crippen molar-refractivity contribution in [3.8, 4) is 0 Å². The average molecular weight is 353 g/mol. The summed E-state index contributed by atoms with van der Waals surface area (Å²) in [6.07, 6.45) is 2.30. The average Bonchev–Trinajstić information content (AvgIpc) is 2.67. The number of anilines is 2. The van der Waals surface area contributed by atoms with Crippen molar-refractivity contribution in [3.05, 3.63) is 72.4 Å². The predicted molar refractivity (Wildman–Crippen MR) is 107 cm³/mol. The van der Waals surface area contributed by atoms with Crippen LogP contribution in [0.15, 0.2) is 61.3 Å². The van der Waals surface area contributed by atoms with Crippen molar-refractivity contribution in [1.82, 2.24) is 10.6 Å². The molecule has 0 aliphatic heterocycles. The fourth-order valence-electron chi connectivity index (χ4n) is 2.65. The lowest BCUT2D eigenvalue weighted by Crippen LogP contribution is -2.31. The molecule has 0 fully saturated rings. The van der Waals surface area contributed by atoms with Crippen LogP contribution in [0.5, 0.6) is 0 Å². The van der Waals surface area contributed by atoms with Gasteiger partial charge in [0.2, 0.25) is 5.91 Å². The van der Waals surface area contributed by atoms with Crippen molar-refractivity contribution in [2.24, 2.45) is 5.73 Å². The molecule has 0 bridgehead atoms. The maximum absolute atomic E-state index is 11.7. The molecule has 26 heavy (non-hydrogen) atoms. The van der Waals surface area contributed by atoms with Gasteiger partial charge >= 0.3 is 0 Å². The zero-order valence-electron chi connectivity index (χ0n) is 14.9. The molecular weight excluding hydrogens is 326 g/mol. The third-order valence-corrected chi connectivity index (χ3v) is 4.02. The fourth-order valence-corrected chi connectivity index (χ4v) is 2.65. The third-order valence-electron chi connectivity index (χ3n) is 4.02. The van der Waals surface area contributed by atoms with Crippen LogP contribution in [0.25, 0.3) is 0 Å². The maximum Gasteiger partial charge on any atom is 0.239 e. The minimum atomic E-state index is -0.118. The van der Waals surface area contributed by atoms with Crippen LogP contribution >= 0.6 is 0 Å². The van der Waals surface area contributed by atoms with Crippen LogP contribution in [0, 0.1) is 0 Å². The quantitative estimate of drug-likeness (QED) is 0.421. The summed E-state index contributed by atoms with van der Waals surface area (Å²) in [5.74, 6) is -0.118. The number of nitrogen functional groups attached to an aromatic ring is 1. The Morgan fingerprint density at radius 1 is 1.19 bits per heavy atom. The van der Waals surface area contributed by atoms with Crippen LogP contribution in [0.3, 0.4) is 0 Å². The lowest BCUT2D eigenvalue weighted by Gasteiger charge is -2.21. The van der Waals surface area contributed by atoms with Gasteiger partial charge in [-0.2, -0.15) is 0 Å². The van der Waals surface area contributed by atoms with E-state index in [4.69, 9.17) is 11.5 Å². The number of benzene rings is 2. The van der Waals surface area contributed by atoms with E-state index in [1.54, 1.807) is 0 Å². The van der Waals surface area contributed by atoms with Gasteiger partial charge in [0.25, 0.3) is 0 Å². The van der Waals surface area contributed by atoms with Crippen LogP contribution in [-0.4, -0.2) is 19.0 Å². The number of rotatable bonds is 10. The molecule has 6 heteroatoms. The minimum absolute atomic E-state index is 0.115.